The minimum Gasteiger partial charge on any atom is -0.489 e. The highest BCUT2D eigenvalue weighted by Gasteiger charge is 2.06. The van der Waals surface area contributed by atoms with Gasteiger partial charge in [0.25, 0.3) is 0 Å². The fourth-order valence-electron chi connectivity index (χ4n) is 2.46. The summed E-state index contributed by atoms with van der Waals surface area (Å²) in [6.45, 7) is 0.827. The summed E-state index contributed by atoms with van der Waals surface area (Å²) in [5.74, 6) is 1.51. The van der Waals surface area contributed by atoms with Gasteiger partial charge in [-0.3, -0.25) is 4.79 Å². The molecule has 3 aromatic rings. The molecule has 0 aromatic heterocycles. The maximum atomic E-state index is 10.8. The van der Waals surface area contributed by atoms with Crippen LogP contribution >= 0.6 is 15.9 Å². The van der Waals surface area contributed by atoms with E-state index < -0.39 is 0 Å². The maximum Gasteiger partial charge on any atom is 0.150 e. The molecular weight excluding hydrogens is 380 g/mol. The average molecular weight is 397 g/mol. The Kier molecular flexibility index (Phi) is 5.86. The van der Waals surface area contributed by atoms with Crippen LogP contribution in [0, 0.1) is 0 Å². The molecule has 126 valence electrons. The van der Waals surface area contributed by atoms with Crippen LogP contribution in [0.25, 0.3) is 11.1 Å². The van der Waals surface area contributed by atoms with E-state index >= 15 is 0 Å². The topological polar surface area (TPSA) is 35.5 Å². The summed E-state index contributed by atoms with van der Waals surface area (Å²) in [4.78, 5) is 10.8. The molecule has 0 radical (unpaired) electrons. The van der Waals surface area contributed by atoms with E-state index in [1.54, 1.807) is 18.2 Å². The molecule has 25 heavy (non-hydrogen) atoms. The van der Waals surface area contributed by atoms with Crippen molar-refractivity contribution in [3.63, 3.8) is 0 Å². The minimum atomic E-state index is 0.405. The predicted molar refractivity (Wildman–Crippen MR) is 102 cm³/mol. The number of rotatable bonds is 7. The highest BCUT2D eigenvalue weighted by Crippen LogP contribution is 2.29. The zero-order valence-electron chi connectivity index (χ0n) is 13.5. The molecule has 3 rings (SSSR count). The van der Waals surface area contributed by atoms with Crippen LogP contribution in [0.2, 0.25) is 0 Å². The van der Waals surface area contributed by atoms with Crippen molar-refractivity contribution in [2.75, 3.05) is 13.2 Å². The van der Waals surface area contributed by atoms with Gasteiger partial charge in [-0.1, -0.05) is 48.5 Å². The Hall–Kier alpha value is -2.59. The van der Waals surface area contributed by atoms with Gasteiger partial charge < -0.3 is 9.47 Å². The van der Waals surface area contributed by atoms with Gasteiger partial charge in [-0.2, -0.15) is 0 Å². The van der Waals surface area contributed by atoms with Gasteiger partial charge in [-0.05, 0) is 45.8 Å². The smallest absolute Gasteiger partial charge is 0.150 e. The van der Waals surface area contributed by atoms with Crippen molar-refractivity contribution >= 4 is 22.2 Å². The van der Waals surface area contributed by atoms with E-state index in [0.29, 0.717) is 24.5 Å². The van der Waals surface area contributed by atoms with Gasteiger partial charge >= 0.3 is 0 Å². The molecule has 0 aliphatic heterocycles. The van der Waals surface area contributed by atoms with Gasteiger partial charge in [0.05, 0.1) is 4.47 Å². The largest absolute Gasteiger partial charge is 0.489 e. The first-order valence-electron chi connectivity index (χ1n) is 7.93. The summed E-state index contributed by atoms with van der Waals surface area (Å²) in [5, 5.41) is 0. The second-order valence-electron chi connectivity index (χ2n) is 5.37. The van der Waals surface area contributed by atoms with Crippen molar-refractivity contribution in [3.8, 4) is 22.6 Å². The summed E-state index contributed by atoms with van der Waals surface area (Å²) < 4.78 is 12.4. The molecule has 0 atom stereocenters. The van der Waals surface area contributed by atoms with Crippen LogP contribution in [0.5, 0.6) is 11.5 Å². The first-order valence-corrected chi connectivity index (χ1v) is 8.72. The summed E-state index contributed by atoms with van der Waals surface area (Å²) in [7, 11) is 0. The van der Waals surface area contributed by atoms with Gasteiger partial charge in [0.15, 0.2) is 0 Å². The van der Waals surface area contributed by atoms with Crippen molar-refractivity contribution in [3.05, 3.63) is 82.8 Å². The maximum absolute atomic E-state index is 10.8. The number of ether oxygens (including phenoxy) is 2. The lowest BCUT2D eigenvalue weighted by molar-refractivity contribution is 0.112. The second kappa shape index (κ2) is 8.49. The van der Waals surface area contributed by atoms with E-state index in [1.807, 2.05) is 42.5 Å². The van der Waals surface area contributed by atoms with Crippen LogP contribution in [0.15, 0.2) is 77.3 Å². The van der Waals surface area contributed by atoms with E-state index in [0.717, 1.165) is 27.6 Å². The fourth-order valence-corrected chi connectivity index (χ4v) is 2.97. The lowest BCUT2D eigenvalue weighted by atomic mass is 10.1. The summed E-state index contributed by atoms with van der Waals surface area (Å²) >= 11 is 3.40. The monoisotopic (exact) mass is 396 g/mol. The lowest BCUT2D eigenvalue weighted by Crippen LogP contribution is -2.09. The van der Waals surface area contributed by atoms with E-state index in [9.17, 15) is 4.79 Å². The van der Waals surface area contributed by atoms with E-state index in [1.165, 1.54) is 0 Å². The van der Waals surface area contributed by atoms with Gasteiger partial charge in [-0.25, -0.2) is 0 Å². The zero-order valence-corrected chi connectivity index (χ0v) is 15.1. The molecule has 0 N–H and O–H groups in total. The number of carbonyl (C=O) groups excluding carboxylic acids is 1. The molecule has 0 amide bonds. The molecule has 0 heterocycles. The van der Waals surface area contributed by atoms with Gasteiger partial charge in [0.2, 0.25) is 0 Å². The standard InChI is InChI=1S/C21H17BrO3/c22-19-14-16(15-23)10-11-21(19)25-13-12-24-20-9-5-4-8-18(20)17-6-2-1-3-7-17/h1-11,14-15H,12-13H2. The Labute approximate surface area is 155 Å². The fraction of sp³-hybridized carbons (Fsp3) is 0.0952. The average Bonchev–Trinajstić information content (AvgIpc) is 2.67. The minimum absolute atomic E-state index is 0.405. The highest BCUT2D eigenvalue weighted by molar-refractivity contribution is 9.10. The van der Waals surface area contributed by atoms with Crippen LogP contribution in [-0.2, 0) is 0 Å². The Morgan fingerprint density at radius 2 is 1.48 bits per heavy atom. The molecule has 0 spiro atoms. The molecule has 0 saturated heterocycles. The van der Waals surface area contributed by atoms with E-state index in [2.05, 4.69) is 28.1 Å². The van der Waals surface area contributed by atoms with Crippen LogP contribution in [0.3, 0.4) is 0 Å². The first kappa shape index (κ1) is 17.2. The first-order chi connectivity index (χ1) is 12.3. The lowest BCUT2D eigenvalue weighted by Gasteiger charge is -2.13. The zero-order chi connectivity index (χ0) is 17.5. The Morgan fingerprint density at radius 1 is 0.800 bits per heavy atom. The van der Waals surface area contributed by atoms with E-state index in [4.69, 9.17) is 9.47 Å². The van der Waals surface area contributed by atoms with Crippen LogP contribution < -0.4 is 9.47 Å². The van der Waals surface area contributed by atoms with Crippen LogP contribution in [0.4, 0.5) is 0 Å². The molecule has 3 nitrogen and oxygen atoms in total. The van der Waals surface area contributed by atoms with Gasteiger partial charge in [-0.15, -0.1) is 0 Å². The van der Waals surface area contributed by atoms with Gasteiger partial charge in [0.1, 0.15) is 31.0 Å². The quantitative estimate of drug-likeness (QED) is 0.396. The third-order valence-electron chi connectivity index (χ3n) is 3.66. The van der Waals surface area contributed by atoms with Crippen molar-refractivity contribution in [2.45, 2.75) is 0 Å². The number of hydrogen-bond acceptors (Lipinski definition) is 3. The van der Waals surface area contributed by atoms with Crippen molar-refractivity contribution in [2.24, 2.45) is 0 Å². The third kappa shape index (κ3) is 4.48. The SMILES string of the molecule is O=Cc1ccc(OCCOc2ccccc2-c2ccccc2)c(Br)c1. The van der Waals surface area contributed by atoms with Crippen molar-refractivity contribution < 1.29 is 14.3 Å². The summed E-state index contributed by atoms with van der Waals surface area (Å²) in [6.07, 6.45) is 0.804. The molecule has 3 aromatic carbocycles. The summed E-state index contributed by atoms with van der Waals surface area (Å²) in [5.41, 5.74) is 2.78. The third-order valence-corrected chi connectivity index (χ3v) is 4.28. The number of carbonyl (C=O) groups is 1. The molecule has 0 aliphatic rings. The molecule has 0 bridgehead atoms. The highest BCUT2D eigenvalue weighted by atomic mass is 79.9. The molecule has 0 unspecified atom stereocenters. The number of hydrogen-bond donors (Lipinski definition) is 0. The number of aldehydes is 1. The normalized spacial score (nSPS) is 10.3. The number of halogens is 1. The number of para-hydroxylation sites is 1. The molecule has 4 heteroatoms. The molecule has 0 saturated carbocycles. The Balaban J connectivity index is 1.61. The van der Waals surface area contributed by atoms with E-state index in [-0.39, 0.29) is 0 Å². The Morgan fingerprint density at radius 3 is 2.20 bits per heavy atom. The van der Waals surface area contributed by atoms with Crippen molar-refractivity contribution in [1.82, 2.24) is 0 Å². The van der Waals surface area contributed by atoms with Crippen LogP contribution in [0.1, 0.15) is 10.4 Å². The molecular formula is C21H17BrO3. The predicted octanol–water partition coefficient (Wildman–Crippen LogP) is 5.39. The van der Waals surface area contributed by atoms with Crippen molar-refractivity contribution in [1.29, 1.82) is 0 Å². The van der Waals surface area contributed by atoms with Gasteiger partial charge in [0, 0.05) is 11.1 Å². The molecule has 0 fully saturated rings. The second-order valence-corrected chi connectivity index (χ2v) is 6.22. The Bertz CT molecular complexity index is 847. The molecule has 0 aliphatic carbocycles. The summed E-state index contributed by atoms with van der Waals surface area (Å²) in [6, 6.07) is 23.3. The number of benzene rings is 3. The van der Waals surface area contributed by atoms with Crippen LogP contribution in [-0.4, -0.2) is 19.5 Å².